The molecule has 0 atom stereocenters. The number of fused-ring (bicyclic) bond motifs is 2. The highest BCUT2D eigenvalue weighted by molar-refractivity contribution is 6.31. The molecule has 2 aromatic heterocycles. The third-order valence-electron chi connectivity index (χ3n) is 5.13. The van der Waals surface area contributed by atoms with Crippen molar-refractivity contribution in [3.8, 4) is 11.4 Å². The lowest BCUT2D eigenvalue weighted by Gasteiger charge is -2.32. The van der Waals surface area contributed by atoms with Crippen LogP contribution < -0.4 is 10.5 Å². The Labute approximate surface area is 182 Å². The van der Waals surface area contributed by atoms with Gasteiger partial charge >= 0.3 is 0 Å². The van der Waals surface area contributed by atoms with Crippen LogP contribution in [0, 0.1) is 0 Å². The number of hydrogen-bond acceptors (Lipinski definition) is 6. The summed E-state index contributed by atoms with van der Waals surface area (Å²) in [5.74, 6) is 0.266. The molecule has 0 spiro atoms. The molecule has 1 aliphatic heterocycles. The molecule has 0 aliphatic carbocycles. The molecule has 0 saturated carbocycles. The van der Waals surface area contributed by atoms with E-state index in [4.69, 9.17) is 16.6 Å². The fourth-order valence-corrected chi connectivity index (χ4v) is 3.85. The fourth-order valence-electron chi connectivity index (χ4n) is 3.66. The Morgan fingerprint density at radius 3 is 2.71 bits per heavy atom. The van der Waals surface area contributed by atoms with E-state index in [9.17, 15) is 9.59 Å². The van der Waals surface area contributed by atoms with Gasteiger partial charge < -0.3 is 4.90 Å². The Kier molecular flexibility index (Phi) is 4.80. The van der Waals surface area contributed by atoms with E-state index in [2.05, 4.69) is 9.97 Å². The molecule has 0 bridgehead atoms. The second kappa shape index (κ2) is 7.77. The van der Waals surface area contributed by atoms with Crippen molar-refractivity contribution in [3.05, 3.63) is 99.7 Å². The van der Waals surface area contributed by atoms with Crippen LogP contribution in [0.15, 0.2) is 78.0 Å². The highest BCUT2D eigenvalue weighted by Crippen LogP contribution is 2.33. The number of carbonyl (C=O) groups excluding carboxylic acids is 1. The first-order valence-electron chi connectivity index (χ1n) is 9.62. The number of benzene rings is 2. The summed E-state index contributed by atoms with van der Waals surface area (Å²) in [6.45, 7) is 0.389. The summed E-state index contributed by atoms with van der Waals surface area (Å²) in [6, 6.07) is 17.6. The van der Waals surface area contributed by atoms with Gasteiger partial charge in [-0.1, -0.05) is 41.9 Å². The minimum absolute atomic E-state index is 0.0109. The van der Waals surface area contributed by atoms with E-state index in [1.807, 2.05) is 24.3 Å². The van der Waals surface area contributed by atoms with Gasteiger partial charge in [-0.25, -0.2) is 15.0 Å². The van der Waals surface area contributed by atoms with Gasteiger partial charge in [0.1, 0.15) is 6.33 Å². The summed E-state index contributed by atoms with van der Waals surface area (Å²) in [7, 11) is 0. The molecule has 3 heterocycles. The van der Waals surface area contributed by atoms with Crippen molar-refractivity contribution in [3.63, 3.8) is 0 Å². The average Bonchev–Trinajstić information content (AvgIpc) is 2.80. The summed E-state index contributed by atoms with van der Waals surface area (Å²) in [6.07, 6.45) is 3.00. The number of rotatable bonds is 4. The highest BCUT2D eigenvalue weighted by Gasteiger charge is 2.27. The molecule has 0 radical (unpaired) electrons. The molecule has 7 nitrogen and oxygen atoms in total. The van der Waals surface area contributed by atoms with Gasteiger partial charge in [0.25, 0.3) is 5.56 Å². The third-order valence-corrected chi connectivity index (χ3v) is 5.37. The van der Waals surface area contributed by atoms with Crippen molar-refractivity contribution in [1.82, 2.24) is 19.5 Å². The third kappa shape index (κ3) is 3.60. The van der Waals surface area contributed by atoms with Crippen molar-refractivity contribution in [2.45, 2.75) is 6.54 Å². The maximum Gasteiger partial charge on any atom is 0.255 e. The lowest BCUT2D eigenvalue weighted by atomic mass is 10.1. The van der Waals surface area contributed by atoms with E-state index in [1.165, 1.54) is 12.4 Å². The second-order valence-electron chi connectivity index (χ2n) is 7.11. The van der Waals surface area contributed by atoms with Crippen LogP contribution in [0.4, 0.5) is 11.6 Å². The van der Waals surface area contributed by atoms with Crippen molar-refractivity contribution in [1.29, 1.82) is 0 Å². The van der Waals surface area contributed by atoms with Crippen LogP contribution >= 0.6 is 11.6 Å². The summed E-state index contributed by atoms with van der Waals surface area (Å²) in [5.41, 5.74) is 3.02. The van der Waals surface area contributed by atoms with E-state index in [-0.39, 0.29) is 17.9 Å². The number of para-hydroxylation sites is 1. The quantitative estimate of drug-likeness (QED) is 0.460. The van der Waals surface area contributed by atoms with E-state index in [0.717, 1.165) is 11.3 Å². The molecule has 0 saturated heterocycles. The summed E-state index contributed by atoms with van der Waals surface area (Å²) in [4.78, 5) is 40.7. The molecule has 4 aromatic rings. The highest BCUT2D eigenvalue weighted by atomic mass is 35.5. The zero-order chi connectivity index (χ0) is 21.4. The predicted molar refractivity (Wildman–Crippen MR) is 118 cm³/mol. The number of hydrogen-bond donors (Lipinski definition) is 0. The summed E-state index contributed by atoms with van der Waals surface area (Å²) < 4.78 is 1.57. The average molecular weight is 430 g/mol. The number of Topliss-reactive ketones (excluding diaryl/α,β-unsaturated/α-hetero) is 1. The number of carbonyl (C=O) groups is 1. The summed E-state index contributed by atoms with van der Waals surface area (Å²) >= 11 is 6.07. The first-order chi connectivity index (χ1) is 15.1. The predicted octanol–water partition coefficient (Wildman–Crippen LogP) is 3.74. The number of aromatic nitrogens is 4. The largest absolute Gasteiger partial charge is 0.304 e. The van der Waals surface area contributed by atoms with Gasteiger partial charge in [-0.2, -0.15) is 0 Å². The van der Waals surface area contributed by atoms with Crippen molar-refractivity contribution in [2.75, 3.05) is 11.4 Å². The Bertz CT molecular complexity index is 1350. The molecule has 152 valence electrons. The monoisotopic (exact) mass is 429 g/mol. The summed E-state index contributed by atoms with van der Waals surface area (Å²) in [5, 5.41) is 0.491. The van der Waals surface area contributed by atoms with Gasteiger partial charge in [0, 0.05) is 28.5 Å². The maximum atomic E-state index is 13.1. The molecule has 0 fully saturated rings. The lowest BCUT2D eigenvalue weighted by Crippen LogP contribution is -2.37. The Morgan fingerprint density at radius 1 is 1.03 bits per heavy atom. The van der Waals surface area contributed by atoms with Gasteiger partial charge in [0.05, 0.1) is 24.5 Å². The van der Waals surface area contributed by atoms with Crippen LogP contribution in [0.2, 0.25) is 5.02 Å². The Balaban J connectivity index is 1.63. The first-order valence-corrected chi connectivity index (χ1v) is 10.0. The zero-order valence-corrected chi connectivity index (χ0v) is 17.0. The molecular formula is C23H16ClN5O2. The van der Waals surface area contributed by atoms with Gasteiger partial charge in [-0.05, 0) is 29.8 Å². The van der Waals surface area contributed by atoms with E-state index in [1.54, 1.807) is 46.0 Å². The Morgan fingerprint density at radius 2 is 1.90 bits per heavy atom. The molecule has 8 heteroatoms. The number of halogens is 1. The van der Waals surface area contributed by atoms with Gasteiger partial charge in [-0.3, -0.25) is 14.2 Å². The molecule has 0 unspecified atom stereocenters. The van der Waals surface area contributed by atoms with Crippen LogP contribution in [0.25, 0.3) is 11.4 Å². The van der Waals surface area contributed by atoms with Gasteiger partial charge in [0.2, 0.25) is 5.95 Å². The van der Waals surface area contributed by atoms with E-state index >= 15 is 0 Å². The molecule has 5 rings (SSSR count). The van der Waals surface area contributed by atoms with Crippen LogP contribution in [-0.2, 0) is 6.54 Å². The number of anilines is 2. The molecule has 31 heavy (non-hydrogen) atoms. The smallest absolute Gasteiger partial charge is 0.255 e. The van der Waals surface area contributed by atoms with Crippen LogP contribution in [0.5, 0.6) is 0 Å². The van der Waals surface area contributed by atoms with Crippen molar-refractivity contribution >= 4 is 29.0 Å². The second-order valence-corrected chi connectivity index (χ2v) is 7.55. The Hall–Kier alpha value is -3.84. The SMILES string of the molecule is O=C(CN1c2ccccc2Cn2c1nc(-c1ccncn1)cc2=O)c1cccc(Cl)c1. The van der Waals surface area contributed by atoms with Crippen molar-refractivity contribution in [2.24, 2.45) is 0 Å². The standard InChI is InChI=1S/C23H16ClN5O2/c24-17-6-3-5-15(10-17)21(30)13-28-20-7-2-1-4-16(20)12-29-22(31)11-19(27-23(28)29)18-8-9-25-14-26-18/h1-11,14H,12-13H2. The molecule has 0 N–H and O–H groups in total. The van der Waals surface area contributed by atoms with E-state index in [0.29, 0.717) is 34.5 Å². The normalized spacial score (nSPS) is 12.2. The lowest BCUT2D eigenvalue weighted by molar-refractivity contribution is 0.100. The molecule has 0 amide bonds. The van der Waals surface area contributed by atoms with E-state index < -0.39 is 0 Å². The molecule has 2 aromatic carbocycles. The van der Waals surface area contributed by atoms with Crippen LogP contribution in [0.1, 0.15) is 15.9 Å². The fraction of sp³-hybridized carbons (Fsp3) is 0.0870. The minimum atomic E-state index is -0.215. The van der Waals surface area contributed by atoms with Crippen LogP contribution in [0.3, 0.4) is 0 Å². The number of nitrogens with zero attached hydrogens (tertiary/aromatic N) is 5. The van der Waals surface area contributed by atoms with Crippen molar-refractivity contribution < 1.29 is 4.79 Å². The maximum absolute atomic E-state index is 13.1. The molecule has 1 aliphatic rings. The van der Waals surface area contributed by atoms with Crippen LogP contribution in [-0.4, -0.2) is 31.8 Å². The zero-order valence-electron chi connectivity index (χ0n) is 16.3. The molecular weight excluding hydrogens is 414 g/mol. The minimum Gasteiger partial charge on any atom is -0.304 e. The first kappa shape index (κ1) is 19.1. The number of ketones is 1. The van der Waals surface area contributed by atoms with Gasteiger partial charge in [-0.15, -0.1) is 0 Å². The van der Waals surface area contributed by atoms with Gasteiger partial charge in [0.15, 0.2) is 5.78 Å². The topological polar surface area (TPSA) is 81.0 Å².